The van der Waals surface area contributed by atoms with Gasteiger partial charge in [0.2, 0.25) is 0 Å². The third-order valence-electron chi connectivity index (χ3n) is 2.51. The molecule has 1 unspecified atom stereocenters. The molecule has 1 N–H and O–H groups in total. The second-order valence-corrected chi connectivity index (χ2v) is 5.20. The third kappa shape index (κ3) is 3.49. The summed E-state index contributed by atoms with van der Waals surface area (Å²) in [6.45, 7) is 6.69. The van der Waals surface area contributed by atoms with Crippen molar-refractivity contribution in [1.29, 1.82) is 0 Å². The van der Waals surface area contributed by atoms with Crippen molar-refractivity contribution in [2.45, 2.75) is 33.2 Å². The summed E-state index contributed by atoms with van der Waals surface area (Å²) in [5.74, 6) is 0.853. The highest BCUT2D eigenvalue weighted by molar-refractivity contribution is 5.29. The lowest BCUT2D eigenvalue weighted by Crippen LogP contribution is -2.23. The first-order valence-corrected chi connectivity index (χ1v) is 5.64. The van der Waals surface area contributed by atoms with Crippen molar-refractivity contribution in [1.82, 2.24) is 10.3 Å². The van der Waals surface area contributed by atoms with E-state index in [0.29, 0.717) is 0 Å². The molecule has 0 aliphatic carbocycles. The zero-order valence-electron chi connectivity index (χ0n) is 10.9. The summed E-state index contributed by atoms with van der Waals surface area (Å²) in [6, 6.07) is 4.08. The van der Waals surface area contributed by atoms with Crippen molar-refractivity contribution in [3.8, 4) is 5.75 Å². The molecule has 16 heavy (non-hydrogen) atoms. The van der Waals surface area contributed by atoms with Crippen LogP contribution in [-0.2, 0) is 0 Å². The predicted octanol–water partition coefficient (Wildman–Crippen LogP) is 2.79. The molecule has 0 spiro atoms. The van der Waals surface area contributed by atoms with E-state index in [1.54, 1.807) is 7.11 Å². The van der Waals surface area contributed by atoms with Gasteiger partial charge in [0, 0.05) is 6.20 Å². The minimum absolute atomic E-state index is 0.233. The topological polar surface area (TPSA) is 34.2 Å². The molecule has 0 saturated carbocycles. The number of nitrogens with one attached hydrogen (secondary N) is 1. The Bertz CT molecular complexity index is 331. The van der Waals surface area contributed by atoms with E-state index in [-0.39, 0.29) is 11.5 Å². The van der Waals surface area contributed by atoms with Gasteiger partial charge in [-0.1, -0.05) is 20.8 Å². The van der Waals surface area contributed by atoms with Gasteiger partial charge in [0.05, 0.1) is 18.8 Å². The number of methoxy groups -OCH3 is 1. The average molecular weight is 222 g/mol. The van der Waals surface area contributed by atoms with Crippen LogP contribution in [0.15, 0.2) is 18.3 Å². The molecule has 0 saturated heterocycles. The maximum Gasteiger partial charge on any atom is 0.141 e. The van der Waals surface area contributed by atoms with Gasteiger partial charge in [-0.15, -0.1) is 0 Å². The maximum absolute atomic E-state index is 5.34. The molecular weight excluding hydrogens is 200 g/mol. The van der Waals surface area contributed by atoms with Crippen LogP contribution in [0.25, 0.3) is 0 Å². The van der Waals surface area contributed by atoms with Crippen LogP contribution in [0.1, 0.15) is 38.9 Å². The summed E-state index contributed by atoms with van der Waals surface area (Å²) in [6.07, 6.45) is 2.84. The Labute approximate surface area is 98.2 Å². The average Bonchev–Trinajstić information content (AvgIpc) is 2.24. The molecule has 0 radical (unpaired) electrons. The second-order valence-electron chi connectivity index (χ2n) is 5.20. The Morgan fingerprint density at radius 3 is 2.62 bits per heavy atom. The lowest BCUT2D eigenvalue weighted by molar-refractivity contribution is 0.309. The van der Waals surface area contributed by atoms with E-state index < -0.39 is 0 Å². The molecule has 90 valence electrons. The summed E-state index contributed by atoms with van der Waals surface area (Å²) >= 11 is 0. The molecule has 1 atom stereocenters. The first-order chi connectivity index (χ1) is 7.48. The first-order valence-electron chi connectivity index (χ1n) is 5.64. The minimum atomic E-state index is 0.233. The number of rotatable bonds is 4. The summed E-state index contributed by atoms with van der Waals surface area (Å²) in [7, 11) is 3.65. The van der Waals surface area contributed by atoms with E-state index >= 15 is 0 Å². The highest BCUT2D eigenvalue weighted by atomic mass is 16.5. The molecule has 1 aromatic heterocycles. The quantitative estimate of drug-likeness (QED) is 0.850. The van der Waals surface area contributed by atoms with Gasteiger partial charge in [-0.2, -0.15) is 0 Å². The van der Waals surface area contributed by atoms with E-state index in [1.165, 1.54) is 0 Å². The molecule has 1 aromatic rings. The Balaban J connectivity index is 2.94. The lowest BCUT2D eigenvalue weighted by atomic mass is 9.86. The van der Waals surface area contributed by atoms with Crippen LogP contribution in [0.2, 0.25) is 0 Å². The monoisotopic (exact) mass is 222 g/mol. The molecule has 3 heteroatoms. The van der Waals surface area contributed by atoms with Crippen LogP contribution in [0, 0.1) is 5.41 Å². The van der Waals surface area contributed by atoms with E-state index in [2.05, 4.69) is 31.1 Å². The van der Waals surface area contributed by atoms with Gasteiger partial charge in [-0.3, -0.25) is 4.98 Å². The van der Waals surface area contributed by atoms with Crippen molar-refractivity contribution in [3.63, 3.8) is 0 Å². The summed E-state index contributed by atoms with van der Waals surface area (Å²) in [5, 5.41) is 3.31. The van der Waals surface area contributed by atoms with E-state index in [0.717, 1.165) is 17.9 Å². The van der Waals surface area contributed by atoms with Crippen LogP contribution in [0.3, 0.4) is 0 Å². The second kappa shape index (κ2) is 5.30. The Hall–Kier alpha value is -1.09. The van der Waals surface area contributed by atoms with Crippen LogP contribution in [-0.4, -0.2) is 19.1 Å². The summed E-state index contributed by atoms with van der Waals surface area (Å²) < 4.78 is 5.34. The highest BCUT2D eigenvalue weighted by Crippen LogP contribution is 2.32. The van der Waals surface area contributed by atoms with Crippen molar-refractivity contribution in [2.24, 2.45) is 5.41 Å². The minimum Gasteiger partial charge on any atom is -0.495 e. The van der Waals surface area contributed by atoms with Crippen molar-refractivity contribution < 1.29 is 4.74 Å². The van der Waals surface area contributed by atoms with Crippen molar-refractivity contribution in [3.05, 3.63) is 24.0 Å². The largest absolute Gasteiger partial charge is 0.495 e. The summed E-state index contributed by atoms with van der Waals surface area (Å²) in [5.41, 5.74) is 1.25. The predicted molar refractivity (Wildman–Crippen MR) is 66.7 cm³/mol. The van der Waals surface area contributed by atoms with Gasteiger partial charge in [-0.05, 0) is 31.0 Å². The van der Waals surface area contributed by atoms with E-state index in [9.17, 15) is 0 Å². The molecule has 0 aromatic carbocycles. The molecule has 0 fully saturated rings. The zero-order valence-corrected chi connectivity index (χ0v) is 10.9. The van der Waals surface area contributed by atoms with Gasteiger partial charge in [0.25, 0.3) is 0 Å². The van der Waals surface area contributed by atoms with Gasteiger partial charge in [-0.25, -0.2) is 0 Å². The number of hydrogen-bond acceptors (Lipinski definition) is 3. The van der Waals surface area contributed by atoms with Crippen molar-refractivity contribution in [2.75, 3.05) is 14.2 Å². The highest BCUT2D eigenvalue weighted by Gasteiger charge is 2.22. The zero-order chi connectivity index (χ0) is 12.2. The standard InChI is InChI=1S/C13H22N2O/c1-13(2,3)9-10(14-4)12-11(16-5)7-6-8-15-12/h6-8,10,14H,9H2,1-5H3. The molecule has 3 nitrogen and oxygen atoms in total. The molecule has 0 aliphatic rings. The number of nitrogens with zero attached hydrogens (tertiary/aromatic N) is 1. The normalized spacial score (nSPS) is 13.6. The number of hydrogen-bond donors (Lipinski definition) is 1. The van der Waals surface area contributed by atoms with Crippen LogP contribution >= 0.6 is 0 Å². The fraction of sp³-hybridized carbons (Fsp3) is 0.615. The van der Waals surface area contributed by atoms with Gasteiger partial charge in [0.1, 0.15) is 5.75 Å². The van der Waals surface area contributed by atoms with Crippen LogP contribution < -0.4 is 10.1 Å². The summed E-state index contributed by atoms with van der Waals surface area (Å²) in [4.78, 5) is 4.42. The molecule has 1 heterocycles. The van der Waals surface area contributed by atoms with Crippen LogP contribution in [0.5, 0.6) is 5.75 Å². The Morgan fingerprint density at radius 2 is 2.12 bits per heavy atom. The Kier molecular flexibility index (Phi) is 4.30. The van der Waals surface area contributed by atoms with E-state index in [4.69, 9.17) is 4.74 Å². The first kappa shape index (κ1) is 13.0. The molecule has 0 amide bonds. The van der Waals surface area contributed by atoms with Gasteiger partial charge >= 0.3 is 0 Å². The number of ether oxygens (including phenoxy) is 1. The molecule has 1 rings (SSSR count). The van der Waals surface area contributed by atoms with Crippen molar-refractivity contribution >= 4 is 0 Å². The molecule has 0 aliphatic heterocycles. The third-order valence-corrected chi connectivity index (χ3v) is 2.51. The maximum atomic E-state index is 5.34. The molecular formula is C13H22N2O. The van der Waals surface area contributed by atoms with Gasteiger partial charge < -0.3 is 10.1 Å². The number of pyridine rings is 1. The van der Waals surface area contributed by atoms with Crippen LogP contribution in [0.4, 0.5) is 0 Å². The van der Waals surface area contributed by atoms with E-state index in [1.807, 2.05) is 25.4 Å². The Morgan fingerprint density at radius 1 is 1.44 bits per heavy atom. The fourth-order valence-electron chi connectivity index (χ4n) is 1.78. The fourth-order valence-corrected chi connectivity index (χ4v) is 1.78. The SMILES string of the molecule is CNC(CC(C)(C)C)c1ncccc1OC. The van der Waals surface area contributed by atoms with Gasteiger partial charge in [0.15, 0.2) is 0 Å². The lowest BCUT2D eigenvalue weighted by Gasteiger charge is -2.26. The molecule has 0 bridgehead atoms. The smallest absolute Gasteiger partial charge is 0.141 e. The number of aromatic nitrogens is 1.